The molecule has 0 bridgehead atoms. The molecular weight excluding hydrogens is 510 g/mol. The van der Waals surface area contributed by atoms with Gasteiger partial charge in [-0.2, -0.15) is 18.3 Å². The van der Waals surface area contributed by atoms with Crippen molar-refractivity contribution >= 4 is 34.9 Å². The summed E-state index contributed by atoms with van der Waals surface area (Å²) in [5.74, 6) is -2.52. The number of carbonyl (C=O) groups excluding carboxylic acids is 2. The number of hydrogen-bond donors (Lipinski definition) is 2. The van der Waals surface area contributed by atoms with E-state index in [4.69, 9.17) is 21.1 Å². The number of nitrogens with zero attached hydrogens (tertiary/aromatic N) is 3. The van der Waals surface area contributed by atoms with E-state index in [1.165, 1.54) is 24.1 Å². The van der Waals surface area contributed by atoms with Crippen molar-refractivity contribution < 1.29 is 36.6 Å². The predicted octanol–water partition coefficient (Wildman–Crippen LogP) is 4.51. The average molecular weight is 528 g/mol. The monoisotopic (exact) mass is 527 g/mol. The summed E-state index contributed by atoms with van der Waals surface area (Å²) >= 11 is 5.92. The van der Waals surface area contributed by atoms with Gasteiger partial charge in [0.1, 0.15) is 17.3 Å². The third kappa shape index (κ3) is 4.78. The molecule has 0 fully saturated rings. The van der Waals surface area contributed by atoms with Gasteiger partial charge in [-0.3, -0.25) is 19.6 Å². The maximum Gasteiger partial charge on any atom is 0.425 e. The zero-order valence-corrected chi connectivity index (χ0v) is 19.7. The third-order valence-corrected chi connectivity index (χ3v) is 5.65. The summed E-state index contributed by atoms with van der Waals surface area (Å²) in [5, 5.41) is 8.55. The van der Waals surface area contributed by atoms with Crippen LogP contribution in [0.5, 0.6) is 11.5 Å². The molecule has 14 heteroatoms. The Bertz CT molecular complexity index is 1340. The SMILES string of the molecule is Cc1[nH]nc(Cl)c1NC(=O)c1cc(F)c(-c2ccc3c(n2)N(C)C(=O)CO3)cc1O[C@@H](C)C(F)(F)F. The lowest BCUT2D eigenvalue weighted by Gasteiger charge is -2.25. The van der Waals surface area contributed by atoms with E-state index in [2.05, 4.69) is 20.5 Å². The normalized spacial score (nSPS) is 14.2. The first-order valence-corrected chi connectivity index (χ1v) is 10.7. The number of aryl methyl sites for hydroxylation is 1. The summed E-state index contributed by atoms with van der Waals surface area (Å²) in [7, 11) is 1.45. The number of anilines is 2. The van der Waals surface area contributed by atoms with Gasteiger partial charge in [-0.15, -0.1) is 0 Å². The highest BCUT2D eigenvalue weighted by Crippen LogP contribution is 2.37. The van der Waals surface area contributed by atoms with Gasteiger partial charge in [0.25, 0.3) is 11.8 Å². The Hall–Kier alpha value is -3.87. The van der Waals surface area contributed by atoms with E-state index in [0.717, 1.165) is 19.1 Å². The van der Waals surface area contributed by atoms with Crippen molar-refractivity contribution in [1.29, 1.82) is 0 Å². The second-order valence-corrected chi connectivity index (χ2v) is 8.22. The number of aromatic amines is 1. The van der Waals surface area contributed by atoms with Crippen molar-refractivity contribution in [3.63, 3.8) is 0 Å². The number of hydrogen-bond acceptors (Lipinski definition) is 6. The van der Waals surface area contributed by atoms with Gasteiger partial charge in [0.05, 0.1) is 17.0 Å². The standard InChI is InChI=1S/C22H18ClF4N5O4/c1-9-18(19(23)31-30-9)29-21(34)12-6-13(24)11(7-16(12)36-10(2)22(25,26)27)14-4-5-15-20(28-14)32(3)17(33)8-35-15/h4-7,10H,8H2,1-3H3,(H,29,34)(H,30,31)/t10-/m0/s1. The second-order valence-electron chi connectivity index (χ2n) is 7.86. The maximum absolute atomic E-state index is 15.2. The molecule has 2 amide bonds. The fourth-order valence-electron chi connectivity index (χ4n) is 3.30. The Morgan fingerprint density at radius 2 is 2.06 bits per heavy atom. The molecule has 1 aromatic carbocycles. The van der Waals surface area contributed by atoms with Gasteiger partial charge in [-0.1, -0.05) is 11.6 Å². The number of alkyl halides is 3. The molecule has 1 aliphatic rings. The van der Waals surface area contributed by atoms with E-state index in [-0.39, 0.29) is 40.3 Å². The number of amides is 2. The van der Waals surface area contributed by atoms with E-state index in [1.807, 2.05) is 0 Å². The molecule has 36 heavy (non-hydrogen) atoms. The van der Waals surface area contributed by atoms with Crippen LogP contribution in [0.3, 0.4) is 0 Å². The molecule has 2 N–H and O–H groups in total. The summed E-state index contributed by atoms with van der Waals surface area (Å²) in [5.41, 5.74) is -0.359. The van der Waals surface area contributed by atoms with Gasteiger partial charge < -0.3 is 14.8 Å². The molecule has 0 saturated carbocycles. The van der Waals surface area contributed by atoms with E-state index < -0.39 is 41.2 Å². The number of H-pyrrole nitrogens is 1. The minimum absolute atomic E-state index is 0.0263. The number of aromatic nitrogens is 3. The summed E-state index contributed by atoms with van der Waals surface area (Å²) in [4.78, 5) is 30.3. The molecule has 1 atom stereocenters. The lowest BCUT2D eigenvalue weighted by Crippen LogP contribution is -2.36. The minimum Gasteiger partial charge on any atom is -0.480 e. The van der Waals surface area contributed by atoms with Gasteiger partial charge in [0.15, 0.2) is 29.4 Å². The predicted molar refractivity (Wildman–Crippen MR) is 121 cm³/mol. The molecule has 1 aliphatic heterocycles. The number of rotatable bonds is 5. The molecule has 2 aromatic heterocycles. The van der Waals surface area contributed by atoms with Crippen LogP contribution in [0, 0.1) is 12.7 Å². The van der Waals surface area contributed by atoms with E-state index >= 15 is 4.39 Å². The summed E-state index contributed by atoms with van der Waals surface area (Å²) in [6.45, 7) is 2.10. The molecule has 0 unspecified atom stereocenters. The Balaban J connectivity index is 1.79. The topological polar surface area (TPSA) is 109 Å². The lowest BCUT2D eigenvalue weighted by atomic mass is 10.0. The quantitative estimate of drug-likeness (QED) is 0.473. The van der Waals surface area contributed by atoms with Crippen LogP contribution in [0.15, 0.2) is 24.3 Å². The number of ether oxygens (including phenoxy) is 2. The zero-order chi connectivity index (χ0) is 26.4. The van der Waals surface area contributed by atoms with Gasteiger partial charge >= 0.3 is 6.18 Å². The summed E-state index contributed by atoms with van der Waals surface area (Å²) < 4.78 is 65.4. The van der Waals surface area contributed by atoms with E-state index in [9.17, 15) is 22.8 Å². The summed E-state index contributed by atoms with van der Waals surface area (Å²) in [6, 6.07) is 4.49. The van der Waals surface area contributed by atoms with Gasteiger partial charge in [-0.05, 0) is 38.1 Å². The van der Waals surface area contributed by atoms with Crippen molar-refractivity contribution in [2.45, 2.75) is 26.1 Å². The van der Waals surface area contributed by atoms with Crippen molar-refractivity contribution in [2.24, 2.45) is 0 Å². The highest BCUT2D eigenvalue weighted by molar-refractivity contribution is 6.33. The first-order chi connectivity index (χ1) is 16.9. The second kappa shape index (κ2) is 9.30. The Morgan fingerprint density at radius 1 is 1.33 bits per heavy atom. The van der Waals surface area contributed by atoms with Crippen LogP contribution in [-0.4, -0.2) is 52.9 Å². The van der Waals surface area contributed by atoms with E-state index in [1.54, 1.807) is 6.92 Å². The third-order valence-electron chi connectivity index (χ3n) is 5.38. The summed E-state index contributed by atoms with van der Waals surface area (Å²) in [6.07, 6.45) is -7.09. The van der Waals surface area contributed by atoms with Crippen molar-refractivity contribution in [1.82, 2.24) is 15.2 Å². The first kappa shape index (κ1) is 25.2. The van der Waals surface area contributed by atoms with Crippen LogP contribution >= 0.6 is 11.6 Å². The Morgan fingerprint density at radius 3 is 2.69 bits per heavy atom. The Labute approximate surface area is 206 Å². The molecular formula is C22H18ClF4N5O4. The Kier molecular flexibility index (Phi) is 6.52. The van der Waals surface area contributed by atoms with Gasteiger partial charge in [0, 0.05) is 12.6 Å². The average Bonchev–Trinajstić information content (AvgIpc) is 3.13. The molecule has 3 aromatic rings. The van der Waals surface area contributed by atoms with Crippen LogP contribution in [0.4, 0.5) is 29.1 Å². The molecule has 0 aliphatic carbocycles. The fourth-order valence-corrected chi connectivity index (χ4v) is 3.53. The highest BCUT2D eigenvalue weighted by atomic mass is 35.5. The minimum atomic E-state index is -4.77. The van der Waals surface area contributed by atoms with Crippen molar-refractivity contribution in [3.05, 3.63) is 46.5 Å². The van der Waals surface area contributed by atoms with Crippen molar-refractivity contribution in [2.75, 3.05) is 23.9 Å². The van der Waals surface area contributed by atoms with E-state index in [0.29, 0.717) is 5.69 Å². The molecule has 9 nitrogen and oxygen atoms in total. The largest absolute Gasteiger partial charge is 0.480 e. The zero-order valence-electron chi connectivity index (χ0n) is 19.0. The number of benzene rings is 1. The van der Waals surface area contributed by atoms with Crippen LogP contribution in [0.1, 0.15) is 23.0 Å². The molecule has 4 rings (SSSR count). The maximum atomic E-state index is 15.2. The molecule has 3 heterocycles. The van der Waals surface area contributed by atoms with Gasteiger partial charge in [0.2, 0.25) is 0 Å². The molecule has 0 radical (unpaired) electrons. The number of carbonyl (C=O) groups is 2. The number of nitrogens with one attached hydrogen (secondary N) is 2. The highest BCUT2D eigenvalue weighted by Gasteiger charge is 2.39. The molecule has 0 spiro atoms. The number of pyridine rings is 1. The molecule has 190 valence electrons. The lowest BCUT2D eigenvalue weighted by molar-refractivity contribution is -0.189. The van der Waals surface area contributed by atoms with Crippen LogP contribution < -0.4 is 19.7 Å². The number of likely N-dealkylation sites (N-methyl/N-ethyl adjacent to an activating group) is 1. The smallest absolute Gasteiger partial charge is 0.425 e. The van der Waals surface area contributed by atoms with Crippen LogP contribution in [0.2, 0.25) is 5.15 Å². The molecule has 0 saturated heterocycles. The number of fused-ring (bicyclic) bond motifs is 1. The van der Waals surface area contributed by atoms with Gasteiger partial charge in [-0.25, -0.2) is 9.37 Å². The first-order valence-electron chi connectivity index (χ1n) is 10.4. The van der Waals surface area contributed by atoms with Crippen LogP contribution in [-0.2, 0) is 4.79 Å². The van der Waals surface area contributed by atoms with Crippen molar-refractivity contribution in [3.8, 4) is 22.8 Å². The van der Waals surface area contributed by atoms with Crippen LogP contribution in [0.25, 0.3) is 11.3 Å². The fraction of sp³-hybridized carbons (Fsp3) is 0.273. The number of halogens is 5.